The molecular formula is C17H20N4O3. The third kappa shape index (κ3) is 3.26. The van der Waals surface area contributed by atoms with Gasteiger partial charge in [0.05, 0.1) is 26.0 Å². The number of fused-ring (bicyclic) bond motifs is 1. The fourth-order valence-corrected chi connectivity index (χ4v) is 2.51. The third-order valence-corrected chi connectivity index (χ3v) is 3.73. The van der Waals surface area contributed by atoms with E-state index in [1.54, 1.807) is 49.3 Å². The standard InChI is InChI=1S/C17H20N4O3/c1-11-6-15-17(18-4-5-21(15)20-11)19-10-16(22)12-7-13(23-2)9-14(8-12)24-3/h4-9,16,22H,10H2,1-3H3,(H,18,19). The second-order valence-electron chi connectivity index (χ2n) is 5.43. The maximum Gasteiger partial charge on any atom is 0.152 e. The van der Waals surface area contributed by atoms with Crippen LogP contribution in [0.4, 0.5) is 5.82 Å². The number of aliphatic hydroxyl groups is 1. The van der Waals surface area contributed by atoms with Crippen LogP contribution in [0, 0.1) is 6.92 Å². The van der Waals surface area contributed by atoms with Crippen molar-refractivity contribution in [3.8, 4) is 11.5 Å². The SMILES string of the molecule is COc1cc(OC)cc(C(O)CNc2nccn3nc(C)cc23)c1. The molecule has 2 N–H and O–H groups in total. The van der Waals surface area contributed by atoms with Gasteiger partial charge < -0.3 is 19.9 Å². The topological polar surface area (TPSA) is 80.9 Å². The summed E-state index contributed by atoms with van der Waals surface area (Å²) in [5, 5.41) is 18.0. The maximum atomic E-state index is 10.5. The molecular weight excluding hydrogens is 308 g/mol. The molecule has 0 saturated carbocycles. The van der Waals surface area contributed by atoms with Crippen LogP contribution in [0.3, 0.4) is 0 Å². The summed E-state index contributed by atoms with van der Waals surface area (Å²) in [5.74, 6) is 1.94. The van der Waals surface area contributed by atoms with Crippen LogP contribution in [0.25, 0.3) is 5.52 Å². The summed E-state index contributed by atoms with van der Waals surface area (Å²) < 4.78 is 12.2. The summed E-state index contributed by atoms with van der Waals surface area (Å²) in [7, 11) is 3.16. The van der Waals surface area contributed by atoms with E-state index in [4.69, 9.17) is 9.47 Å². The molecule has 0 spiro atoms. The van der Waals surface area contributed by atoms with Crippen LogP contribution >= 0.6 is 0 Å². The Labute approximate surface area is 139 Å². The minimum absolute atomic E-state index is 0.299. The van der Waals surface area contributed by atoms with Crippen LogP contribution < -0.4 is 14.8 Å². The number of aryl methyl sites for hydroxylation is 1. The number of ether oxygens (including phenoxy) is 2. The molecule has 126 valence electrons. The van der Waals surface area contributed by atoms with E-state index >= 15 is 0 Å². The molecule has 7 heteroatoms. The third-order valence-electron chi connectivity index (χ3n) is 3.73. The van der Waals surface area contributed by atoms with Crippen molar-refractivity contribution >= 4 is 11.3 Å². The number of methoxy groups -OCH3 is 2. The molecule has 1 aromatic carbocycles. The molecule has 3 rings (SSSR count). The van der Waals surface area contributed by atoms with E-state index < -0.39 is 6.10 Å². The van der Waals surface area contributed by atoms with Gasteiger partial charge in [-0.15, -0.1) is 0 Å². The Morgan fingerprint density at radius 2 is 1.88 bits per heavy atom. The van der Waals surface area contributed by atoms with Gasteiger partial charge in [-0.1, -0.05) is 0 Å². The zero-order valence-corrected chi connectivity index (χ0v) is 13.9. The van der Waals surface area contributed by atoms with Crippen LogP contribution in [0.1, 0.15) is 17.4 Å². The van der Waals surface area contributed by atoms with E-state index in [0.717, 1.165) is 11.2 Å². The lowest BCUT2D eigenvalue weighted by Crippen LogP contribution is -2.14. The molecule has 0 saturated heterocycles. The number of hydrogen-bond acceptors (Lipinski definition) is 6. The van der Waals surface area contributed by atoms with Crippen molar-refractivity contribution in [3.63, 3.8) is 0 Å². The highest BCUT2D eigenvalue weighted by Gasteiger charge is 2.13. The quantitative estimate of drug-likeness (QED) is 0.722. The number of aliphatic hydroxyl groups excluding tert-OH is 1. The number of hydrogen-bond donors (Lipinski definition) is 2. The van der Waals surface area contributed by atoms with E-state index in [2.05, 4.69) is 15.4 Å². The van der Waals surface area contributed by atoms with Crippen molar-refractivity contribution in [3.05, 3.63) is 47.9 Å². The lowest BCUT2D eigenvalue weighted by molar-refractivity contribution is 0.190. The van der Waals surface area contributed by atoms with Gasteiger partial charge in [-0.05, 0) is 30.7 Å². The van der Waals surface area contributed by atoms with Crippen LogP contribution in [-0.2, 0) is 0 Å². The van der Waals surface area contributed by atoms with Gasteiger partial charge in [0.15, 0.2) is 5.82 Å². The van der Waals surface area contributed by atoms with Gasteiger partial charge in [-0.2, -0.15) is 5.10 Å². The zero-order valence-electron chi connectivity index (χ0n) is 13.9. The lowest BCUT2D eigenvalue weighted by Gasteiger charge is -2.15. The summed E-state index contributed by atoms with van der Waals surface area (Å²) in [6.45, 7) is 2.22. The largest absolute Gasteiger partial charge is 0.497 e. The number of anilines is 1. The normalized spacial score (nSPS) is 12.2. The van der Waals surface area contributed by atoms with Gasteiger partial charge in [0.2, 0.25) is 0 Å². The summed E-state index contributed by atoms with van der Waals surface area (Å²) in [5.41, 5.74) is 2.48. The highest BCUT2D eigenvalue weighted by atomic mass is 16.5. The Kier molecular flexibility index (Phi) is 4.52. The molecule has 0 amide bonds. The highest BCUT2D eigenvalue weighted by Crippen LogP contribution is 2.27. The van der Waals surface area contributed by atoms with Crippen LogP contribution in [0.15, 0.2) is 36.7 Å². The molecule has 0 aliphatic carbocycles. The van der Waals surface area contributed by atoms with Gasteiger partial charge in [0.1, 0.15) is 17.0 Å². The van der Waals surface area contributed by atoms with Gasteiger partial charge in [0, 0.05) is 25.0 Å². The Balaban J connectivity index is 1.78. The average Bonchev–Trinajstić information content (AvgIpc) is 2.99. The van der Waals surface area contributed by atoms with E-state index in [0.29, 0.717) is 29.4 Å². The van der Waals surface area contributed by atoms with Crippen molar-refractivity contribution in [2.45, 2.75) is 13.0 Å². The predicted octanol–water partition coefficient (Wildman–Crippen LogP) is 2.20. The first-order chi connectivity index (χ1) is 11.6. The molecule has 0 bridgehead atoms. The zero-order chi connectivity index (χ0) is 17.1. The highest BCUT2D eigenvalue weighted by molar-refractivity contribution is 5.67. The number of nitrogens with zero attached hydrogens (tertiary/aromatic N) is 3. The molecule has 0 aliphatic rings. The molecule has 24 heavy (non-hydrogen) atoms. The van der Waals surface area contributed by atoms with Crippen molar-refractivity contribution in [1.82, 2.24) is 14.6 Å². The Hall–Kier alpha value is -2.80. The number of nitrogens with one attached hydrogen (secondary N) is 1. The predicted molar refractivity (Wildman–Crippen MR) is 90.7 cm³/mol. The van der Waals surface area contributed by atoms with Crippen LogP contribution in [0.2, 0.25) is 0 Å². The molecule has 1 atom stereocenters. The van der Waals surface area contributed by atoms with E-state index in [1.165, 1.54) is 0 Å². The fraction of sp³-hybridized carbons (Fsp3) is 0.294. The molecule has 0 aliphatic heterocycles. The Morgan fingerprint density at radius 1 is 1.17 bits per heavy atom. The maximum absolute atomic E-state index is 10.5. The van der Waals surface area contributed by atoms with Crippen LogP contribution in [0.5, 0.6) is 11.5 Å². The first-order valence-corrected chi connectivity index (χ1v) is 7.56. The second-order valence-corrected chi connectivity index (χ2v) is 5.43. The van der Waals surface area contributed by atoms with Crippen LogP contribution in [-0.4, -0.2) is 40.5 Å². The lowest BCUT2D eigenvalue weighted by atomic mass is 10.1. The van der Waals surface area contributed by atoms with Gasteiger partial charge in [-0.3, -0.25) is 0 Å². The summed E-state index contributed by atoms with van der Waals surface area (Å²) in [6.07, 6.45) is 2.72. The molecule has 7 nitrogen and oxygen atoms in total. The summed E-state index contributed by atoms with van der Waals surface area (Å²) >= 11 is 0. The monoisotopic (exact) mass is 328 g/mol. The fourth-order valence-electron chi connectivity index (χ4n) is 2.51. The first-order valence-electron chi connectivity index (χ1n) is 7.56. The van der Waals surface area contributed by atoms with E-state index in [9.17, 15) is 5.11 Å². The summed E-state index contributed by atoms with van der Waals surface area (Å²) in [4.78, 5) is 4.32. The van der Waals surface area contributed by atoms with Crippen molar-refractivity contribution in [1.29, 1.82) is 0 Å². The Bertz CT molecular complexity index is 825. The molecule has 0 radical (unpaired) electrons. The number of aromatic nitrogens is 3. The number of rotatable bonds is 6. The first kappa shape index (κ1) is 16.1. The van der Waals surface area contributed by atoms with Gasteiger partial charge in [-0.25, -0.2) is 9.50 Å². The van der Waals surface area contributed by atoms with Crippen molar-refractivity contribution in [2.24, 2.45) is 0 Å². The van der Waals surface area contributed by atoms with Crippen molar-refractivity contribution < 1.29 is 14.6 Å². The minimum atomic E-state index is -0.736. The molecule has 0 fully saturated rings. The van der Waals surface area contributed by atoms with E-state index in [-0.39, 0.29) is 0 Å². The Morgan fingerprint density at radius 3 is 2.54 bits per heavy atom. The minimum Gasteiger partial charge on any atom is -0.497 e. The second kappa shape index (κ2) is 6.76. The molecule has 2 heterocycles. The van der Waals surface area contributed by atoms with E-state index in [1.807, 2.05) is 13.0 Å². The molecule has 2 aromatic heterocycles. The van der Waals surface area contributed by atoms with Gasteiger partial charge in [0.25, 0.3) is 0 Å². The van der Waals surface area contributed by atoms with Crippen molar-refractivity contribution in [2.75, 3.05) is 26.1 Å². The smallest absolute Gasteiger partial charge is 0.152 e. The molecule has 1 unspecified atom stereocenters. The van der Waals surface area contributed by atoms with Gasteiger partial charge >= 0.3 is 0 Å². The molecule has 3 aromatic rings. The number of benzene rings is 1. The average molecular weight is 328 g/mol. The summed E-state index contributed by atoms with van der Waals surface area (Å²) in [6, 6.07) is 7.27.